The Morgan fingerprint density at radius 2 is 1.80 bits per heavy atom. The summed E-state index contributed by atoms with van der Waals surface area (Å²) in [6, 6.07) is 0. The van der Waals surface area contributed by atoms with Crippen molar-refractivity contribution in [3.05, 3.63) is 0 Å². The summed E-state index contributed by atoms with van der Waals surface area (Å²) >= 11 is 0. The second kappa shape index (κ2) is 7.03. The second-order valence-corrected chi connectivity index (χ2v) is 7.37. The molecule has 116 valence electrons. The van der Waals surface area contributed by atoms with Crippen LogP contribution in [-0.2, 0) is 19.6 Å². The number of sulfonamides is 1. The minimum Gasteiger partial charge on any atom is -0.481 e. The van der Waals surface area contributed by atoms with Gasteiger partial charge in [-0.3, -0.25) is 9.59 Å². The van der Waals surface area contributed by atoms with E-state index in [0.717, 1.165) is 25.7 Å². The van der Waals surface area contributed by atoms with Crippen LogP contribution in [0.1, 0.15) is 38.5 Å². The number of carbonyl (C=O) groups is 2. The van der Waals surface area contributed by atoms with Gasteiger partial charge < -0.3 is 10.4 Å². The van der Waals surface area contributed by atoms with Gasteiger partial charge in [0, 0.05) is 13.0 Å². The lowest BCUT2D eigenvalue weighted by molar-refractivity contribution is -0.140. The van der Waals surface area contributed by atoms with Crippen molar-refractivity contribution >= 4 is 21.9 Å². The average molecular weight is 306 g/mol. The van der Waals surface area contributed by atoms with Crippen molar-refractivity contribution in [3.63, 3.8) is 0 Å². The van der Waals surface area contributed by atoms with Gasteiger partial charge in [0.25, 0.3) is 0 Å². The highest BCUT2D eigenvalue weighted by atomic mass is 32.2. The van der Waals surface area contributed by atoms with Crippen LogP contribution < -0.4 is 10.0 Å². The first-order valence-corrected chi connectivity index (χ1v) is 8.34. The Morgan fingerprint density at radius 3 is 2.30 bits per heavy atom. The molecule has 20 heavy (non-hydrogen) atoms. The lowest BCUT2D eigenvalue weighted by atomic mass is 9.79. The van der Waals surface area contributed by atoms with Gasteiger partial charge in [0.15, 0.2) is 0 Å². The molecule has 0 aliphatic heterocycles. The molecule has 1 aliphatic carbocycles. The van der Waals surface area contributed by atoms with Crippen LogP contribution in [0, 0.1) is 5.41 Å². The molecule has 1 amide bonds. The molecule has 3 N–H and O–H groups in total. The van der Waals surface area contributed by atoms with Gasteiger partial charge in [-0.25, -0.2) is 13.1 Å². The third-order valence-corrected chi connectivity index (χ3v) is 5.09. The Kier molecular flexibility index (Phi) is 5.94. The maximum Gasteiger partial charge on any atom is 0.303 e. The molecule has 0 atom stereocenters. The first-order valence-electron chi connectivity index (χ1n) is 6.68. The highest BCUT2D eigenvalue weighted by Gasteiger charge is 2.37. The number of amides is 1. The zero-order chi connectivity index (χ0) is 15.2. The summed E-state index contributed by atoms with van der Waals surface area (Å²) in [5.74, 6) is -1.35. The van der Waals surface area contributed by atoms with E-state index in [9.17, 15) is 18.0 Å². The summed E-state index contributed by atoms with van der Waals surface area (Å²) in [6.07, 6.45) is 3.50. The zero-order valence-electron chi connectivity index (χ0n) is 11.6. The largest absolute Gasteiger partial charge is 0.481 e. The standard InChI is InChI=1S/C12H22N2O5S/c1-13-20(18,19)7-6-14-10(15)8-12(9-11(16)17)4-2-3-5-12/h13H,2-9H2,1H3,(H,14,15)(H,16,17). The van der Waals surface area contributed by atoms with E-state index in [1.807, 2.05) is 0 Å². The zero-order valence-corrected chi connectivity index (χ0v) is 12.5. The molecule has 0 radical (unpaired) electrons. The van der Waals surface area contributed by atoms with Crippen molar-refractivity contribution in [2.45, 2.75) is 38.5 Å². The number of nitrogens with one attached hydrogen (secondary N) is 2. The number of hydrogen-bond donors (Lipinski definition) is 3. The van der Waals surface area contributed by atoms with Crippen molar-refractivity contribution < 1.29 is 23.1 Å². The van der Waals surface area contributed by atoms with Gasteiger partial charge in [-0.2, -0.15) is 0 Å². The minimum atomic E-state index is -3.34. The van der Waals surface area contributed by atoms with Crippen LogP contribution in [0.25, 0.3) is 0 Å². The highest BCUT2D eigenvalue weighted by Crippen LogP contribution is 2.43. The topological polar surface area (TPSA) is 113 Å². The molecule has 0 aromatic carbocycles. The van der Waals surface area contributed by atoms with Gasteiger partial charge in [0.05, 0.1) is 12.2 Å². The smallest absolute Gasteiger partial charge is 0.303 e. The SMILES string of the molecule is CNS(=O)(=O)CCNC(=O)CC1(CC(=O)O)CCCC1. The van der Waals surface area contributed by atoms with Gasteiger partial charge in [-0.1, -0.05) is 12.8 Å². The number of carbonyl (C=O) groups excluding carboxylic acids is 1. The molecule has 1 rings (SSSR count). The molecule has 0 bridgehead atoms. The monoisotopic (exact) mass is 306 g/mol. The van der Waals surface area contributed by atoms with Crippen LogP contribution in [0.3, 0.4) is 0 Å². The van der Waals surface area contributed by atoms with E-state index in [1.54, 1.807) is 0 Å². The normalized spacial score (nSPS) is 17.9. The molecule has 0 aromatic heterocycles. The van der Waals surface area contributed by atoms with E-state index in [0.29, 0.717) is 0 Å². The quantitative estimate of drug-likeness (QED) is 0.588. The van der Waals surface area contributed by atoms with E-state index in [4.69, 9.17) is 5.11 Å². The minimum absolute atomic E-state index is 0.00473. The fourth-order valence-electron chi connectivity index (χ4n) is 2.69. The maximum atomic E-state index is 11.8. The van der Waals surface area contributed by atoms with Crippen LogP contribution in [0.15, 0.2) is 0 Å². The highest BCUT2D eigenvalue weighted by molar-refractivity contribution is 7.89. The van der Waals surface area contributed by atoms with Crippen molar-refractivity contribution in [3.8, 4) is 0 Å². The lowest BCUT2D eigenvalue weighted by Gasteiger charge is -2.26. The molecule has 1 fully saturated rings. The van der Waals surface area contributed by atoms with E-state index in [2.05, 4.69) is 10.0 Å². The molecule has 0 spiro atoms. The summed E-state index contributed by atoms with van der Waals surface area (Å²) < 4.78 is 24.6. The summed E-state index contributed by atoms with van der Waals surface area (Å²) in [6.45, 7) is 0.0329. The Bertz CT molecular complexity index is 454. The molecule has 0 heterocycles. The molecular weight excluding hydrogens is 284 g/mol. The third kappa shape index (κ3) is 5.46. The predicted molar refractivity (Wildman–Crippen MR) is 73.6 cm³/mol. The maximum absolute atomic E-state index is 11.8. The van der Waals surface area contributed by atoms with E-state index < -0.39 is 21.4 Å². The van der Waals surface area contributed by atoms with Crippen LogP contribution in [-0.4, -0.2) is 44.7 Å². The van der Waals surface area contributed by atoms with Crippen molar-refractivity contribution in [2.24, 2.45) is 5.41 Å². The predicted octanol–water partition coefficient (Wildman–Crippen LogP) is 0.0770. The Balaban J connectivity index is 2.45. The number of hydrogen-bond acceptors (Lipinski definition) is 4. The number of aliphatic carboxylic acids is 1. The molecule has 0 aromatic rings. The molecule has 8 heteroatoms. The number of rotatable bonds is 8. The molecule has 1 aliphatic rings. The second-order valence-electron chi connectivity index (χ2n) is 5.33. The van der Waals surface area contributed by atoms with Gasteiger partial charge in [-0.05, 0) is 25.3 Å². The third-order valence-electron chi connectivity index (χ3n) is 3.73. The average Bonchev–Trinajstić information content (AvgIpc) is 2.76. The van der Waals surface area contributed by atoms with Gasteiger partial charge in [0.1, 0.15) is 0 Å². The Labute approximate surface area is 119 Å². The van der Waals surface area contributed by atoms with Gasteiger partial charge in [0.2, 0.25) is 15.9 Å². The molecule has 0 unspecified atom stereocenters. The fourth-order valence-corrected chi connectivity index (χ4v) is 3.27. The van der Waals surface area contributed by atoms with Crippen LogP contribution in [0.2, 0.25) is 0 Å². The van der Waals surface area contributed by atoms with Crippen LogP contribution in [0.5, 0.6) is 0 Å². The summed E-state index contributed by atoms with van der Waals surface area (Å²) in [5, 5.41) is 11.5. The van der Waals surface area contributed by atoms with E-state index in [1.165, 1.54) is 7.05 Å². The van der Waals surface area contributed by atoms with Crippen LogP contribution >= 0.6 is 0 Å². The summed E-state index contributed by atoms with van der Waals surface area (Å²) in [7, 11) is -2.02. The van der Waals surface area contributed by atoms with E-state index >= 15 is 0 Å². The van der Waals surface area contributed by atoms with E-state index in [-0.39, 0.29) is 31.0 Å². The number of carboxylic acid groups (broad SMARTS) is 1. The van der Waals surface area contributed by atoms with Crippen molar-refractivity contribution in [1.82, 2.24) is 10.0 Å². The number of carboxylic acids is 1. The van der Waals surface area contributed by atoms with Crippen molar-refractivity contribution in [2.75, 3.05) is 19.3 Å². The van der Waals surface area contributed by atoms with Crippen molar-refractivity contribution in [1.29, 1.82) is 0 Å². The summed E-state index contributed by atoms with van der Waals surface area (Å²) in [5.41, 5.74) is -0.461. The molecule has 1 saturated carbocycles. The molecule has 0 saturated heterocycles. The summed E-state index contributed by atoms with van der Waals surface area (Å²) in [4.78, 5) is 22.7. The van der Waals surface area contributed by atoms with Gasteiger partial charge in [-0.15, -0.1) is 0 Å². The fraction of sp³-hybridized carbons (Fsp3) is 0.833. The lowest BCUT2D eigenvalue weighted by Crippen LogP contribution is -2.36. The Hall–Kier alpha value is -1.15. The first kappa shape index (κ1) is 16.9. The van der Waals surface area contributed by atoms with Gasteiger partial charge >= 0.3 is 5.97 Å². The Morgan fingerprint density at radius 1 is 1.20 bits per heavy atom. The first-order chi connectivity index (χ1) is 9.29. The van der Waals surface area contributed by atoms with Crippen LogP contribution in [0.4, 0.5) is 0 Å². The molecule has 7 nitrogen and oxygen atoms in total. The molecular formula is C12H22N2O5S.